The molecule has 0 aliphatic carbocycles. The number of carbonyl (C=O) groups is 2. The van der Waals surface area contributed by atoms with Crippen molar-refractivity contribution in [3.63, 3.8) is 0 Å². The van der Waals surface area contributed by atoms with Crippen LogP contribution in [0, 0.1) is 0 Å². The van der Waals surface area contributed by atoms with Crippen LogP contribution in [0.15, 0.2) is 0 Å². The number of carbonyl (C=O) groups excluding carboxylic acids is 2. The van der Waals surface area contributed by atoms with E-state index in [9.17, 15) is 9.59 Å². The third kappa shape index (κ3) is 17.3. The van der Waals surface area contributed by atoms with Gasteiger partial charge in [-0.3, -0.25) is 0 Å². The molecular formula is C18H34O2. The van der Waals surface area contributed by atoms with Crippen molar-refractivity contribution in [1.82, 2.24) is 0 Å². The van der Waals surface area contributed by atoms with E-state index in [1.54, 1.807) is 6.92 Å². The molecule has 0 aromatic rings. The third-order valence-corrected chi connectivity index (χ3v) is 3.85. The molecule has 0 radical (unpaired) electrons. The van der Waals surface area contributed by atoms with Gasteiger partial charge in [0.15, 0.2) is 0 Å². The average molecular weight is 282 g/mol. The quantitative estimate of drug-likeness (QED) is 0.272. The van der Waals surface area contributed by atoms with E-state index < -0.39 is 0 Å². The van der Waals surface area contributed by atoms with E-state index >= 15 is 0 Å². The second kappa shape index (κ2) is 16.4. The van der Waals surface area contributed by atoms with Gasteiger partial charge in [0.2, 0.25) is 0 Å². The van der Waals surface area contributed by atoms with Crippen molar-refractivity contribution >= 4 is 12.1 Å². The molecule has 0 aromatic carbocycles. The van der Waals surface area contributed by atoms with E-state index in [4.69, 9.17) is 0 Å². The maximum Gasteiger partial charge on any atom is 0.129 e. The van der Waals surface area contributed by atoms with Crippen LogP contribution in [0.4, 0.5) is 0 Å². The fourth-order valence-electron chi connectivity index (χ4n) is 2.55. The Labute approximate surface area is 125 Å². The van der Waals surface area contributed by atoms with Crippen LogP contribution in [0.1, 0.15) is 103 Å². The first-order valence-corrected chi connectivity index (χ1v) is 8.70. The molecule has 0 amide bonds. The lowest BCUT2D eigenvalue weighted by molar-refractivity contribution is -0.117. The number of unbranched alkanes of at least 4 members (excludes halogenated alkanes) is 13. The molecule has 0 aliphatic heterocycles. The van der Waals surface area contributed by atoms with Gasteiger partial charge in [-0.25, -0.2) is 0 Å². The smallest absolute Gasteiger partial charge is 0.129 e. The Morgan fingerprint density at radius 3 is 1.35 bits per heavy atom. The van der Waals surface area contributed by atoms with Gasteiger partial charge in [0.05, 0.1) is 0 Å². The molecule has 0 N–H and O–H groups in total. The molecule has 0 atom stereocenters. The van der Waals surface area contributed by atoms with E-state index in [1.165, 1.54) is 70.6 Å². The van der Waals surface area contributed by atoms with E-state index in [2.05, 4.69) is 0 Å². The second-order valence-corrected chi connectivity index (χ2v) is 6.00. The number of hydrogen-bond donors (Lipinski definition) is 0. The van der Waals surface area contributed by atoms with Crippen molar-refractivity contribution in [2.24, 2.45) is 0 Å². The van der Waals surface area contributed by atoms with E-state index in [0.717, 1.165) is 32.0 Å². The van der Waals surface area contributed by atoms with Crippen molar-refractivity contribution in [2.45, 2.75) is 103 Å². The molecule has 2 heteroatoms. The lowest BCUT2D eigenvalue weighted by Crippen LogP contribution is -1.89. The van der Waals surface area contributed by atoms with Crippen LogP contribution in [0.3, 0.4) is 0 Å². The topological polar surface area (TPSA) is 34.1 Å². The monoisotopic (exact) mass is 282 g/mol. The minimum atomic E-state index is 0.330. The first-order valence-electron chi connectivity index (χ1n) is 8.70. The van der Waals surface area contributed by atoms with Gasteiger partial charge >= 0.3 is 0 Å². The van der Waals surface area contributed by atoms with Crippen molar-refractivity contribution in [1.29, 1.82) is 0 Å². The summed E-state index contributed by atoms with van der Waals surface area (Å²) in [6.07, 6.45) is 19.3. The highest BCUT2D eigenvalue weighted by Crippen LogP contribution is 2.13. The number of rotatable bonds is 16. The number of hydrogen-bond acceptors (Lipinski definition) is 2. The summed E-state index contributed by atoms with van der Waals surface area (Å²) in [5.41, 5.74) is 0. The van der Waals surface area contributed by atoms with Gasteiger partial charge in [0, 0.05) is 12.8 Å². The molecule has 0 saturated carbocycles. The number of aldehydes is 1. The van der Waals surface area contributed by atoms with E-state index in [0.29, 0.717) is 5.78 Å². The molecule has 0 spiro atoms. The third-order valence-electron chi connectivity index (χ3n) is 3.85. The highest BCUT2D eigenvalue weighted by molar-refractivity contribution is 5.75. The molecule has 0 saturated heterocycles. The Hall–Kier alpha value is -0.660. The van der Waals surface area contributed by atoms with Crippen LogP contribution in [-0.2, 0) is 9.59 Å². The van der Waals surface area contributed by atoms with Crippen molar-refractivity contribution < 1.29 is 9.59 Å². The summed E-state index contributed by atoms with van der Waals surface area (Å²) in [5, 5.41) is 0. The summed E-state index contributed by atoms with van der Waals surface area (Å²) in [7, 11) is 0. The van der Waals surface area contributed by atoms with Crippen LogP contribution in [0.25, 0.3) is 0 Å². The summed E-state index contributed by atoms with van der Waals surface area (Å²) < 4.78 is 0. The molecule has 0 fully saturated rings. The summed E-state index contributed by atoms with van der Waals surface area (Å²) >= 11 is 0. The zero-order valence-electron chi connectivity index (χ0n) is 13.5. The fraction of sp³-hybridized carbons (Fsp3) is 0.889. The molecule has 0 rings (SSSR count). The maximum atomic E-state index is 10.8. The molecule has 20 heavy (non-hydrogen) atoms. The van der Waals surface area contributed by atoms with Gasteiger partial charge in [-0.2, -0.15) is 0 Å². The highest BCUT2D eigenvalue weighted by atomic mass is 16.1. The molecule has 118 valence electrons. The predicted octanol–water partition coefficient (Wildman–Crippen LogP) is 5.63. The zero-order chi connectivity index (χ0) is 14.9. The van der Waals surface area contributed by atoms with E-state index in [1.807, 2.05) is 0 Å². The maximum absolute atomic E-state index is 10.8. The van der Waals surface area contributed by atoms with Gasteiger partial charge in [-0.1, -0.05) is 70.6 Å². The van der Waals surface area contributed by atoms with Crippen molar-refractivity contribution in [3.05, 3.63) is 0 Å². The predicted molar refractivity (Wildman–Crippen MR) is 86.0 cm³/mol. The van der Waals surface area contributed by atoms with Crippen LogP contribution in [0.2, 0.25) is 0 Å². The lowest BCUT2D eigenvalue weighted by atomic mass is 10.0. The van der Waals surface area contributed by atoms with Gasteiger partial charge in [0.25, 0.3) is 0 Å². The van der Waals surface area contributed by atoms with Crippen LogP contribution >= 0.6 is 0 Å². The van der Waals surface area contributed by atoms with Crippen LogP contribution in [-0.4, -0.2) is 12.1 Å². The Morgan fingerprint density at radius 2 is 1.00 bits per heavy atom. The number of Topliss-reactive ketones (excluding diaryl/α,β-unsaturated/α-hetero) is 1. The SMILES string of the molecule is CC(=O)CCCCCCCCCCCCCCCC=O. The molecule has 0 bridgehead atoms. The Morgan fingerprint density at radius 1 is 0.650 bits per heavy atom. The van der Waals surface area contributed by atoms with Crippen LogP contribution in [0.5, 0.6) is 0 Å². The Balaban J connectivity index is 2.95. The van der Waals surface area contributed by atoms with E-state index in [-0.39, 0.29) is 0 Å². The molecule has 0 unspecified atom stereocenters. The molecule has 0 heterocycles. The Kier molecular flexibility index (Phi) is 15.9. The summed E-state index contributed by atoms with van der Waals surface area (Å²) in [6, 6.07) is 0. The fourth-order valence-corrected chi connectivity index (χ4v) is 2.55. The van der Waals surface area contributed by atoms with Gasteiger partial charge in [-0.15, -0.1) is 0 Å². The minimum absolute atomic E-state index is 0.330. The van der Waals surface area contributed by atoms with Crippen molar-refractivity contribution in [3.8, 4) is 0 Å². The molecule has 0 aliphatic rings. The first kappa shape index (κ1) is 19.3. The largest absolute Gasteiger partial charge is 0.303 e. The molecular weight excluding hydrogens is 248 g/mol. The summed E-state index contributed by atoms with van der Waals surface area (Å²) in [4.78, 5) is 20.9. The number of ketones is 1. The summed E-state index contributed by atoms with van der Waals surface area (Å²) in [6.45, 7) is 1.68. The van der Waals surface area contributed by atoms with Gasteiger partial charge in [0.1, 0.15) is 12.1 Å². The average Bonchev–Trinajstić information content (AvgIpc) is 2.43. The summed E-state index contributed by atoms with van der Waals surface area (Å²) in [5.74, 6) is 0.330. The lowest BCUT2D eigenvalue weighted by Gasteiger charge is -2.02. The van der Waals surface area contributed by atoms with Crippen molar-refractivity contribution in [2.75, 3.05) is 0 Å². The first-order chi connectivity index (χ1) is 9.77. The zero-order valence-corrected chi connectivity index (χ0v) is 13.5. The minimum Gasteiger partial charge on any atom is -0.303 e. The molecule has 0 aromatic heterocycles. The standard InChI is InChI=1S/C18H34O2/c1-18(20)16-14-12-10-8-6-4-2-3-5-7-9-11-13-15-17-19/h17H,2-16H2,1H3. The van der Waals surface area contributed by atoms with Gasteiger partial charge < -0.3 is 9.59 Å². The highest BCUT2D eigenvalue weighted by Gasteiger charge is 1.95. The normalized spacial score (nSPS) is 10.7. The molecule has 2 nitrogen and oxygen atoms in total. The van der Waals surface area contributed by atoms with Crippen LogP contribution < -0.4 is 0 Å². The Bertz CT molecular complexity index is 223. The van der Waals surface area contributed by atoms with Gasteiger partial charge in [-0.05, 0) is 19.8 Å². The second-order valence-electron chi connectivity index (χ2n) is 6.00.